The number of rotatable bonds is 2. The van der Waals surface area contributed by atoms with Gasteiger partial charge in [-0.25, -0.2) is 9.37 Å². The third kappa shape index (κ3) is 2.35. The van der Waals surface area contributed by atoms with Gasteiger partial charge in [-0.1, -0.05) is 0 Å². The van der Waals surface area contributed by atoms with Crippen molar-refractivity contribution >= 4 is 32.8 Å². The summed E-state index contributed by atoms with van der Waals surface area (Å²) in [6, 6.07) is 1.68. The second-order valence-corrected chi connectivity index (χ2v) is 8.28. The number of nitrogens with zero attached hydrogens (tertiary/aromatic N) is 2. The van der Waals surface area contributed by atoms with Crippen molar-refractivity contribution in [2.45, 2.75) is 56.5 Å². The standard InChI is InChI=1S/C18H19FN4O2S/c19-12-7-11-15(24)13-17(25)22-26-18(13)23(10-5-6-10)16(11)21-14(12)8-1-3-9(20)4-2-8/h7-10H,1-6,20H2,(H,22,25). The highest BCUT2D eigenvalue weighted by Crippen LogP contribution is 2.40. The summed E-state index contributed by atoms with van der Waals surface area (Å²) in [6.45, 7) is 0. The predicted octanol–water partition coefficient (Wildman–Crippen LogP) is 2.76. The van der Waals surface area contributed by atoms with Crippen molar-refractivity contribution in [1.29, 1.82) is 0 Å². The van der Waals surface area contributed by atoms with Crippen LogP contribution in [0.25, 0.3) is 21.3 Å². The molecule has 3 aromatic heterocycles. The number of fused-ring (bicyclic) bond motifs is 2. The van der Waals surface area contributed by atoms with Gasteiger partial charge >= 0.3 is 0 Å². The van der Waals surface area contributed by atoms with Crippen molar-refractivity contribution in [3.8, 4) is 0 Å². The molecule has 3 aromatic rings. The number of aromatic nitrogens is 3. The molecule has 5 rings (SSSR count). The lowest BCUT2D eigenvalue weighted by molar-refractivity contribution is 0.381. The van der Waals surface area contributed by atoms with Crippen LogP contribution in [0.2, 0.25) is 0 Å². The van der Waals surface area contributed by atoms with Crippen LogP contribution in [0.4, 0.5) is 4.39 Å². The van der Waals surface area contributed by atoms with Gasteiger partial charge in [0.15, 0.2) is 0 Å². The van der Waals surface area contributed by atoms with Crippen LogP contribution in [0, 0.1) is 5.82 Å². The zero-order valence-electron chi connectivity index (χ0n) is 14.1. The first-order chi connectivity index (χ1) is 12.5. The van der Waals surface area contributed by atoms with Gasteiger partial charge in [-0.3, -0.25) is 14.0 Å². The molecule has 3 N–H and O–H groups in total. The Bertz CT molecular complexity index is 1140. The van der Waals surface area contributed by atoms with Gasteiger partial charge in [-0.15, -0.1) is 0 Å². The van der Waals surface area contributed by atoms with Crippen LogP contribution in [0.5, 0.6) is 0 Å². The van der Waals surface area contributed by atoms with Crippen LogP contribution in [-0.4, -0.2) is 20.0 Å². The predicted molar refractivity (Wildman–Crippen MR) is 99.4 cm³/mol. The fourth-order valence-electron chi connectivity index (χ4n) is 4.09. The molecule has 0 unspecified atom stereocenters. The summed E-state index contributed by atoms with van der Waals surface area (Å²) in [5.41, 5.74) is 6.07. The van der Waals surface area contributed by atoms with Crippen LogP contribution < -0.4 is 16.7 Å². The maximum atomic E-state index is 14.8. The number of pyridine rings is 2. The van der Waals surface area contributed by atoms with Gasteiger partial charge in [-0.05, 0) is 56.1 Å². The Morgan fingerprint density at radius 1 is 1.19 bits per heavy atom. The van der Waals surface area contributed by atoms with E-state index in [2.05, 4.69) is 9.36 Å². The largest absolute Gasteiger partial charge is 0.328 e. The molecule has 136 valence electrons. The third-order valence-corrected chi connectivity index (χ3v) is 6.54. The minimum absolute atomic E-state index is 0.0302. The fraction of sp³-hybridized carbons (Fsp3) is 0.500. The van der Waals surface area contributed by atoms with Crippen molar-refractivity contribution < 1.29 is 4.39 Å². The van der Waals surface area contributed by atoms with E-state index in [0.717, 1.165) is 50.1 Å². The second kappa shape index (κ2) is 5.72. The second-order valence-electron chi connectivity index (χ2n) is 7.48. The number of H-pyrrole nitrogens is 1. The number of nitrogens with one attached hydrogen (secondary N) is 1. The minimum Gasteiger partial charge on any atom is -0.328 e. The number of aromatic amines is 1. The average Bonchev–Trinajstić information content (AvgIpc) is 3.39. The zero-order chi connectivity index (χ0) is 18.0. The number of hydrogen-bond acceptors (Lipinski definition) is 5. The van der Waals surface area contributed by atoms with Crippen molar-refractivity contribution in [2.75, 3.05) is 0 Å². The van der Waals surface area contributed by atoms with Gasteiger partial charge in [0.05, 0.1) is 11.1 Å². The smallest absolute Gasteiger partial charge is 0.271 e. The highest BCUT2D eigenvalue weighted by molar-refractivity contribution is 7.12. The maximum Gasteiger partial charge on any atom is 0.271 e. The monoisotopic (exact) mass is 374 g/mol. The van der Waals surface area contributed by atoms with E-state index in [4.69, 9.17) is 5.73 Å². The summed E-state index contributed by atoms with van der Waals surface area (Å²) in [7, 11) is 0. The fourth-order valence-corrected chi connectivity index (χ4v) is 5.00. The van der Waals surface area contributed by atoms with Gasteiger partial charge in [0.2, 0.25) is 5.43 Å². The molecule has 2 aliphatic rings. The highest BCUT2D eigenvalue weighted by Gasteiger charge is 2.31. The van der Waals surface area contributed by atoms with Crippen molar-refractivity contribution in [3.05, 3.63) is 38.2 Å². The average molecular weight is 374 g/mol. The maximum absolute atomic E-state index is 14.8. The molecule has 0 aliphatic heterocycles. The van der Waals surface area contributed by atoms with Crippen LogP contribution in [0.3, 0.4) is 0 Å². The topological polar surface area (TPSA) is 93.8 Å². The van der Waals surface area contributed by atoms with E-state index in [9.17, 15) is 14.0 Å². The highest BCUT2D eigenvalue weighted by atomic mass is 32.1. The summed E-state index contributed by atoms with van der Waals surface area (Å²) in [5, 5.41) is 0.314. The zero-order valence-corrected chi connectivity index (χ0v) is 14.9. The molecule has 6 nitrogen and oxygen atoms in total. The molecule has 8 heteroatoms. The molecule has 2 saturated carbocycles. The normalized spacial score (nSPS) is 23.8. The molecule has 26 heavy (non-hydrogen) atoms. The Morgan fingerprint density at radius 3 is 2.62 bits per heavy atom. The quantitative estimate of drug-likeness (QED) is 0.721. The Morgan fingerprint density at radius 2 is 1.92 bits per heavy atom. The Balaban J connectivity index is 1.80. The van der Waals surface area contributed by atoms with Crippen LogP contribution >= 0.6 is 11.5 Å². The van der Waals surface area contributed by atoms with Crippen LogP contribution in [0.15, 0.2) is 15.7 Å². The lowest BCUT2D eigenvalue weighted by Gasteiger charge is -2.26. The number of halogens is 1. The van der Waals surface area contributed by atoms with Crippen molar-refractivity contribution in [3.63, 3.8) is 0 Å². The van der Waals surface area contributed by atoms with E-state index in [0.29, 0.717) is 16.2 Å². The first-order valence-electron chi connectivity index (χ1n) is 9.06. The molecular formula is C18H19FN4O2S. The van der Waals surface area contributed by atoms with E-state index in [1.165, 1.54) is 6.07 Å². The summed E-state index contributed by atoms with van der Waals surface area (Å²) in [5.74, 6) is -0.425. The van der Waals surface area contributed by atoms with E-state index in [1.807, 2.05) is 4.57 Å². The number of nitrogens with two attached hydrogens (primary N) is 1. The van der Waals surface area contributed by atoms with E-state index in [1.54, 1.807) is 0 Å². The van der Waals surface area contributed by atoms with Gasteiger partial charge in [0.25, 0.3) is 5.56 Å². The Labute approximate surface area is 152 Å². The molecule has 0 saturated heterocycles. The molecular weight excluding hydrogens is 355 g/mol. The third-order valence-electron chi connectivity index (χ3n) is 5.65. The lowest BCUT2D eigenvalue weighted by atomic mass is 9.84. The van der Waals surface area contributed by atoms with Crippen molar-refractivity contribution in [2.24, 2.45) is 5.73 Å². The molecule has 0 radical (unpaired) electrons. The van der Waals surface area contributed by atoms with Crippen LogP contribution in [-0.2, 0) is 0 Å². The van der Waals surface area contributed by atoms with Crippen molar-refractivity contribution in [1.82, 2.24) is 13.9 Å². The Hall–Kier alpha value is -2.06. The molecule has 2 fully saturated rings. The first-order valence-corrected chi connectivity index (χ1v) is 9.87. The summed E-state index contributed by atoms with van der Waals surface area (Å²) < 4.78 is 19.4. The molecule has 0 bridgehead atoms. The molecule has 0 spiro atoms. The Kier molecular flexibility index (Phi) is 3.55. The van der Waals surface area contributed by atoms with E-state index in [-0.39, 0.29) is 28.8 Å². The molecule has 0 amide bonds. The minimum atomic E-state index is -0.455. The first kappa shape index (κ1) is 16.1. The van der Waals surface area contributed by atoms with E-state index >= 15 is 0 Å². The molecule has 0 aromatic carbocycles. The van der Waals surface area contributed by atoms with Gasteiger partial charge in [-0.2, -0.15) is 0 Å². The summed E-state index contributed by atoms with van der Waals surface area (Å²) in [4.78, 5) is 30.1. The van der Waals surface area contributed by atoms with Gasteiger partial charge < -0.3 is 10.3 Å². The summed E-state index contributed by atoms with van der Waals surface area (Å²) >= 11 is 1.16. The summed E-state index contributed by atoms with van der Waals surface area (Å²) in [6.07, 6.45) is 5.29. The van der Waals surface area contributed by atoms with Crippen LogP contribution in [0.1, 0.15) is 56.2 Å². The molecule has 3 heterocycles. The van der Waals surface area contributed by atoms with Gasteiger partial charge in [0, 0.05) is 18.0 Å². The lowest BCUT2D eigenvalue weighted by Crippen LogP contribution is -2.26. The van der Waals surface area contributed by atoms with Gasteiger partial charge in [0.1, 0.15) is 21.7 Å². The van der Waals surface area contributed by atoms with E-state index < -0.39 is 16.8 Å². The SMILES string of the molecule is NC1CCC(c2nc3c(cc2F)c(=O)c2c(=O)[nH]sc2n3C2CC2)CC1. The molecule has 2 aliphatic carbocycles. The molecule has 0 atom stereocenters. The number of hydrogen-bond donors (Lipinski definition) is 2.